The van der Waals surface area contributed by atoms with E-state index in [2.05, 4.69) is 31.2 Å². The van der Waals surface area contributed by atoms with Gasteiger partial charge in [0.15, 0.2) is 17.5 Å². The highest BCUT2D eigenvalue weighted by molar-refractivity contribution is 5.91. The molecule has 4 rings (SSSR count). The van der Waals surface area contributed by atoms with E-state index in [4.69, 9.17) is 0 Å². The van der Waals surface area contributed by atoms with E-state index in [9.17, 15) is 13.2 Å². The predicted molar refractivity (Wildman–Crippen MR) is 118 cm³/mol. The first-order chi connectivity index (χ1) is 15.0. The molecule has 31 heavy (non-hydrogen) atoms. The fourth-order valence-corrected chi connectivity index (χ4v) is 3.85. The number of hydrogen-bond donors (Lipinski definition) is 0. The van der Waals surface area contributed by atoms with Gasteiger partial charge in [-0.25, -0.2) is 17.6 Å². The molecule has 0 nitrogen and oxygen atoms in total. The highest BCUT2D eigenvalue weighted by Crippen LogP contribution is 2.33. The highest BCUT2D eigenvalue weighted by Gasteiger charge is 2.16. The minimum Gasteiger partial charge on any atom is -0.206 e. The third-order valence-corrected chi connectivity index (χ3v) is 5.61. The lowest BCUT2D eigenvalue weighted by Crippen LogP contribution is -1.94. The Morgan fingerprint density at radius 3 is 1.97 bits per heavy atom. The number of aryl methyl sites for hydroxylation is 1. The SMILES string of the molecule is CCCCCc1ccc(-c2ccc3c(F)c(-c4cc(F)c(F)c(F)c4)ccc3c2)cc1. The summed E-state index contributed by atoms with van der Waals surface area (Å²) in [6, 6.07) is 18.5. The molecule has 0 saturated heterocycles. The molecule has 0 bridgehead atoms. The summed E-state index contributed by atoms with van der Waals surface area (Å²) in [6.07, 6.45) is 4.65. The van der Waals surface area contributed by atoms with Crippen LogP contribution in [0.25, 0.3) is 33.0 Å². The first-order valence-electron chi connectivity index (χ1n) is 10.4. The molecular formula is C27H22F4. The van der Waals surface area contributed by atoms with Crippen molar-refractivity contribution in [3.63, 3.8) is 0 Å². The minimum atomic E-state index is -1.56. The molecule has 0 N–H and O–H groups in total. The lowest BCUT2D eigenvalue weighted by Gasteiger charge is -2.10. The van der Waals surface area contributed by atoms with Crippen molar-refractivity contribution in [1.29, 1.82) is 0 Å². The Morgan fingerprint density at radius 1 is 0.613 bits per heavy atom. The smallest absolute Gasteiger partial charge is 0.194 e. The van der Waals surface area contributed by atoms with Crippen molar-refractivity contribution in [2.75, 3.05) is 0 Å². The lowest BCUT2D eigenvalue weighted by atomic mass is 9.96. The lowest BCUT2D eigenvalue weighted by molar-refractivity contribution is 0.447. The summed E-state index contributed by atoms with van der Waals surface area (Å²) in [7, 11) is 0. The fourth-order valence-electron chi connectivity index (χ4n) is 3.85. The summed E-state index contributed by atoms with van der Waals surface area (Å²) in [5, 5.41) is 1.01. The Hall–Kier alpha value is -3.14. The number of unbranched alkanes of at least 4 members (excludes halogenated alkanes) is 2. The van der Waals surface area contributed by atoms with Crippen molar-refractivity contribution in [1.82, 2.24) is 0 Å². The Balaban J connectivity index is 1.66. The first kappa shape index (κ1) is 21.1. The van der Waals surface area contributed by atoms with Crippen molar-refractivity contribution in [2.45, 2.75) is 32.6 Å². The zero-order valence-corrected chi connectivity index (χ0v) is 17.2. The molecule has 0 radical (unpaired) electrons. The second-order valence-corrected chi connectivity index (χ2v) is 7.77. The van der Waals surface area contributed by atoms with Crippen LogP contribution in [0.5, 0.6) is 0 Å². The standard InChI is InChI=1S/C27H22F4/c1-2-3-4-5-17-6-8-18(9-7-17)19-10-12-22-20(14-19)11-13-23(26(22)30)21-15-24(28)27(31)25(29)16-21/h6-16H,2-5H2,1H3. The maximum Gasteiger partial charge on any atom is 0.194 e. The molecule has 4 aromatic carbocycles. The largest absolute Gasteiger partial charge is 0.206 e. The van der Waals surface area contributed by atoms with E-state index in [1.54, 1.807) is 12.1 Å². The predicted octanol–water partition coefficient (Wildman–Crippen LogP) is 8.46. The molecule has 0 aliphatic carbocycles. The molecule has 158 valence electrons. The van der Waals surface area contributed by atoms with Gasteiger partial charge in [0.05, 0.1) is 0 Å². The Labute approximate surface area is 179 Å². The molecule has 0 aliphatic rings. The molecule has 0 saturated carbocycles. The molecule has 0 spiro atoms. The molecule has 4 aromatic rings. The average Bonchev–Trinajstić information content (AvgIpc) is 2.78. The fraction of sp³-hybridized carbons (Fsp3) is 0.185. The molecule has 0 unspecified atom stereocenters. The normalized spacial score (nSPS) is 11.3. The van der Waals surface area contributed by atoms with Crippen molar-refractivity contribution in [3.05, 3.63) is 95.6 Å². The Kier molecular flexibility index (Phi) is 6.08. The highest BCUT2D eigenvalue weighted by atomic mass is 19.2. The molecule has 0 heterocycles. The third kappa shape index (κ3) is 4.34. The van der Waals surface area contributed by atoms with E-state index in [1.807, 2.05) is 12.1 Å². The molecule has 0 aromatic heterocycles. The number of rotatable bonds is 6. The Bertz CT molecular complexity index is 1200. The second kappa shape index (κ2) is 8.93. The van der Waals surface area contributed by atoms with Crippen LogP contribution in [0.15, 0.2) is 66.7 Å². The summed E-state index contributed by atoms with van der Waals surface area (Å²) in [4.78, 5) is 0. The second-order valence-electron chi connectivity index (χ2n) is 7.77. The van der Waals surface area contributed by atoms with E-state index in [-0.39, 0.29) is 11.1 Å². The molecule has 0 amide bonds. The van der Waals surface area contributed by atoms with Gasteiger partial charge in [-0.1, -0.05) is 68.3 Å². The van der Waals surface area contributed by atoms with Gasteiger partial charge in [0, 0.05) is 10.9 Å². The van der Waals surface area contributed by atoms with Crippen LogP contribution in [0, 0.1) is 23.3 Å². The minimum absolute atomic E-state index is 0.0227. The molecule has 0 aliphatic heterocycles. The van der Waals surface area contributed by atoms with Crippen LogP contribution < -0.4 is 0 Å². The van der Waals surface area contributed by atoms with Gasteiger partial charge in [0.2, 0.25) is 0 Å². The van der Waals surface area contributed by atoms with Gasteiger partial charge in [-0.3, -0.25) is 0 Å². The molecule has 0 fully saturated rings. The van der Waals surface area contributed by atoms with E-state index < -0.39 is 23.3 Å². The quantitative estimate of drug-likeness (QED) is 0.166. The van der Waals surface area contributed by atoms with Crippen LogP contribution in [0.1, 0.15) is 31.7 Å². The van der Waals surface area contributed by atoms with E-state index in [0.717, 1.165) is 29.7 Å². The summed E-state index contributed by atoms with van der Waals surface area (Å²) in [5.74, 6) is -4.85. The van der Waals surface area contributed by atoms with E-state index in [1.165, 1.54) is 30.9 Å². The van der Waals surface area contributed by atoms with Crippen LogP contribution in [-0.4, -0.2) is 0 Å². The molecule has 4 heteroatoms. The average molecular weight is 422 g/mol. The number of fused-ring (bicyclic) bond motifs is 1. The van der Waals surface area contributed by atoms with Crippen LogP contribution in [0.4, 0.5) is 17.6 Å². The third-order valence-electron chi connectivity index (χ3n) is 5.61. The van der Waals surface area contributed by atoms with Crippen molar-refractivity contribution in [3.8, 4) is 22.3 Å². The van der Waals surface area contributed by atoms with Crippen molar-refractivity contribution < 1.29 is 17.6 Å². The summed E-state index contributed by atoms with van der Waals surface area (Å²) < 4.78 is 55.5. The monoisotopic (exact) mass is 422 g/mol. The van der Waals surface area contributed by atoms with Crippen LogP contribution in [0.2, 0.25) is 0 Å². The molecular weight excluding hydrogens is 400 g/mol. The van der Waals surface area contributed by atoms with Gasteiger partial charge in [-0.05, 0) is 58.7 Å². The van der Waals surface area contributed by atoms with E-state index >= 15 is 4.39 Å². The van der Waals surface area contributed by atoms with Gasteiger partial charge in [-0.2, -0.15) is 0 Å². The molecule has 0 atom stereocenters. The first-order valence-corrected chi connectivity index (χ1v) is 10.4. The van der Waals surface area contributed by atoms with E-state index in [0.29, 0.717) is 10.8 Å². The van der Waals surface area contributed by atoms with Gasteiger partial charge >= 0.3 is 0 Å². The topological polar surface area (TPSA) is 0 Å². The summed E-state index contributed by atoms with van der Waals surface area (Å²) >= 11 is 0. The van der Waals surface area contributed by atoms with Crippen LogP contribution in [0.3, 0.4) is 0 Å². The Morgan fingerprint density at radius 2 is 1.29 bits per heavy atom. The summed E-state index contributed by atoms with van der Waals surface area (Å²) in [6.45, 7) is 2.19. The van der Waals surface area contributed by atoms with Crippen LogP contribution >= 0.6 is 0 Å². The number of hydrogen-bond acceptors (Lipinski definition) is 0. The van der Waals surface area contributed by atoms with Crippen LogP contribution in [-0.2, 0) is 6.42 Å². The van der Waals surface area contributed by atoms with Crippen molar-refractivity contribution >= 4 is 10.8 Å². The number of benzene rings is 4. The number of halogens is 4. The van der Waals surface area contributed by atoms with Crippen molar-refractivity contribution in [2.24, 2.45) is 0 Å². The van der Waals surface area contributed by atoms with Gasteiger partial charge in [0.1, 0.15) is 5.82 Å². The van der Waals surface area contributed by atoms with Gasteiger partial charge < -0.3 is 0 Å². The van der Waals surface area contributed by atoms with Gasteiger partial charge in [-0.15, -0.1) is 0 Å². The zero-order chi connectivity index (χ0) is 22.0. The summed E-state index contributed by atoms with van der Waals surface area (Å²) in [5.41, 5.74) is 3.27. The zero-order valence-electron chi connectivity index (χ0n) is 17.2. The maximum absolute atomic E-state index is 15.1. The maximum atomic E-state index is 15.1. The van der Waals surface area contributed by atoms with Gasteiger partial charge in [0.25, 0.3) is 0 Å².